The average Bonchev–Trinajstić information content (AvgIpc) is 2.34. The highest BCUT2D eigenvalue weighted by Gasteiger charge is 2.21. The van der Waals surface area contributed by atoms with Crippen LogP contribution in [0.5, 0.6) is 5.75 Å². The minimum Gasteiger partial charge on any atom is -0.496 e. The minimum atomic E-state index is 0.0877. The van der Waals surface area contributed by atoms with Gasteiger partial charge in [-0.1, -0.05) is 46.2 Å². The van der Waals surface area contributed by atoms with Crippen molar-refractivity contribution in [2.45, 2.75) is 51.9 Å². The molecule has 0 spiro atoms. The van der Waals surface area contributed by atoms with Crippen LogP contribution >= 0.6 is 11.6 Å². The monoisotopic (exact) mass is 268 g/mol. The van der Waals surface area contributed by atoms with E-state index >= 15 is 0 Å². The van der Waals surface area contributed by atoms with Crippen molar-refractivity contribution in [1.29, 1.82) is 0 Å². The van der Waals surface area contributed by atoms with Crippen molar-refractivity contribution in [2.24, 2.45) is 0 Å². The van der Waals surface area contributed by atoms with E-state index in [-0.39, 0.29) is 5.41 Å². The van der Waals surface area contributed by atoms with Crippen LogP contribution in [0.4, 0.5) is 0 Å². The normalized spacial score (nSPS) is 13.4. The molecule has 0 aliphatic heterocycles. The summed E-state index contributed by atoms with van der Waals surface area (Å²) in [6, 6.07) is 6.49. The Labute approximate surface area is 116 Å². The molecule has 0 aromatic heterocycles. The van der Waals surface area contributed by atoms with E-state index in [2.05, 4.69) is 45.9 Å². The minimum absolute atomic E-state index is 0.0877. The topological polar surface area (TPSA) is 9.23 Å². The lowest BCUT2D eigenvalue weighted by atomic mass is 9.83. The highest BCUT2D eigenvalue weighted by molar-refractivity contribution is 6.18. The van der Waals surface area contributed by atoms with E-state index in [1.807, 2.05) is 0 Å². The quantitative estimate of drug-likeness (QED) is 0.674. The molecule has 0 radical (unpaired) electrons. The molecular weight excluding hydrogens is 244 g/mol. The van der Waals surface area contributed by atoms with Gasteiger partial charge in [0.15, 0.2) is 0 Å². The number of halogens is 1. The van der Waals surface area contributed by atoms with Gasteiger partial charge in [0, 0.05) is 5.88 Å². The lowest BCUT2D eigenvalue weighted by molar-refractivity contribution is 0.397. The van der Waals surface area contributed by atoms with E-state index in [1.54, 1.807) is 7.11 Å². The molecule has 18 heavy (non-hydrogen) atoms. The summed E-state index contributed by atoms with van der Waals surface area (Å²) in [5, 5.41) is 0. The summed E-state index contributed by atoms with van der Waals surface area (Å²) in [4.78, 5) is 0. The number of hydrogen-bond acceptors (Lipinski definition) is 1. The maximum atomic E-state index is 6.09. The van der Waals surface area contributed by atoms with Gasteiger partial charge in [-0.15, -0.1) is 11.6 Å². The van der Waals surface area contributed by atoms with Crippen LogP contribution in [-0.2, 0) is 5.41 Å². The molecule has 0 saturated heterocycles. The Bertz CT molecular complexity index is 379. The fraction of sp³-hybridized carbons (Fsp3) is 0.625. The van der Waals surface area contributed by atoms with Gasteiger partial charge < -0.3 is 4.74 Å². The molecule has 0 aliphatic rings. The second-order valence-electron chi connectivity index (χ2n) is 5.85. The summed E-state index contributed by atoms with van der Waals surface area (Å²) >= 11 is 6.09. The Balaban J connectivity index is 3.17. The Kier molecular flexibility index (Phi) is 5.52. The van der Waals surface area contributed by atoms with Gasteiger partial charge >= 0.3 is 0 Å². The van der Waals surface area contributed by atoms with Crippen LogP contribution in [-0.4, -0.2) is 13.0 Å². The van der Waals surface area contributed by atoms with Crippen molar-refractivity contribution in [3.8, 4) is 5.75 Å². The maximum Gasteiger partial charge on any atom is 0.122 e. The molecule has 102 valence electrons. The Morgan fingerprint density at radius 2 is 1.94 bits per heavy atom. The zero-order valence-electron chi connectivity index (χ0n) is 12.2. The molecule has 1 nitrogen and oxygen atoms in total. The molecule has 0 fully saturated rings. The van der Waals surface area contributed by atoms with Gasteiger partial charge in [-0.25, -0.2) is 0 Å². The molecular formula is C16H25ClO. The lowest BCUT2D eigenvalue weighted by Crippen LogP contribution is -2.14. The van der Waals surface area contributed by atoms with Crippen molar-refractivity contribution < 1.29 is 4.74 Å². The van der Waals surface area contributed by atoms with Crippen molar-refractivity contribution in [2.75, 3.05) is 13.0 Å². The molecule has 1 aromatic rings. The van der Waals surface area contributed by atoms with Crippen molar-refractivity contribution in [3.05, 3.63) is 29.3 Å². The summed E-state index contributed by atoms with van der Waals surface area (Å²) < 4.78 is 5.47. The second kappa shape index (κ2) is 6.47. The third-order valence-corrected chi connectivity index (χ3v) is 3.70. The van der Waals surface area contributed by atoms with Crippen LogP contribution in [0, 0.1) is 0 Å². The number of benzene rings is 1. The van der Waals surface area contributed by atoms with E-state index < -0.39 is 0 Å². The number of alkyl halides is 1. The van der Waals surface area contributed by atoms with Crippen LogP contribution < -0.4 is 4.74 Å². The Morgan fingerprint density at radius 3 is 2.39 bits per heavy atom. The van der Waals surface area contributed by atoms with Gasteiger partial charge in [0.2, 0.25) is 0 Å². The van der Waals surface area contributed by atoms with Crippen LogP contribution in [0.15, 0.2) is 18.2 Å². The van der Waals surface area contributed by atoms with Gasteiger partial charge in [0.05, 0.1) is 7.11 Å². The van der Waals surface area contributed by atoms with E-state index in [0.717, 1.165) is 18.6 Å². The summed E-state index contributed by atoms with van der Waals surface area (Å²) in [6.45, 7) is 8.84. The first-order valence-corrected chi connectivity index (χ1v) is 7.21. The molecule has 0 saturated carbocycles. The smallest absolute Gasteiger partial charge is 0.122 e. The predicted molar refractivity (Wildman–Crippen MR) is 80.1 cm³/mol. The lowest BCUT2D eigenvalue weighted by Gasteiger charge is -2.24. The van der Waals surface area contributed by atoms with Crippen LogP contribution in [0.1, 0.15) is 57.6 Å². The highest BCUT2D eigenvalue weighted by atomic mass is 35.5. The molecule has 1 atom stereocenters. The predicted octanol–water partition coefficient (Wildman–Crippen LogP) is 5.12. The highest BCUT2D eigenvalue weighted by Crippen LogP contribution is 2.35. The third kappa shape index (κ3) is 3.65. The molecule has 0 amide bonds. The first-order valence-electron chi connectivity index (χ1n) is 6.68. The number of hydrogen-bond donors (Lipinski definition) is 0. The number of methoxy groups -OCH3 is 1. The molecule has 1 aromatic carbocycles. The summed E-state index contributed by atoms with van der Waals surface area (Å²) in [6.07, 6.45) is 2.30. The number of ether oxygens (including phenoxy) is 1. The van der Waals surface area contributed by atoms with Gasteiger partial charge in [-0.3, -0.25) is 0 Å². The molecule has 1 rings (SSSR count). The fourth-order valence-electron chi connectivity index (χ4n) is 2.25. The molecule has 0 heterocycles. The van der Waals surface area contributed by atoms with Gasteiger partial charge in [-0.05, 0) is 34.9 Å². The van der Waals surface area contributed by atoms with Crippen molar-refractivity contribution in [3.63, 3.8) is 0 Å². The first kappa shape index (κ1) is 15.4. The van der Waals surface area contributed by atoms with Crippen molar-refractivity contribution in [1.82, 2.24) is 0 Å². The van der Waals surface area contributed by atoms with Gasteiger partial charge in [0.1, 0.15) is 5.75 Å². The maximum absolute atomic E-state index is 6.09. The third-order valence-electron chi connectivity index (χ3n) is 3.33. The zero-order chi connectivity index (χ0) is 13.8. The summed E-state index contributed by atoms with van der Waals surface area (Å²) in [5.41, 5.74) is 2.68. The van der Waals surface area contributed by atoms with E-state index in [9.17, 15) is 0 Å². The molecule has 1 unspecified atom stereocenters. The Hall–Kier alpha value is -0.690. The van der Waals surface area contributed by atoms with Crippen LogP contribution in [0.3, 0.4) is 0 Å². The van der Waals surface area contributed by atoms with Crippen LogP contribution in [0.25, 0.3) is 0 Å². The average molecular weight is 269 g/mol. The zero-order valence-corrected chi connectivity index (χ0v) is 13.0. The fourth-order valence-corrected chi connectivity index (χ4v) is 2.58. The standard InChI is InChI=1S/C16H25ClO/c1-6-7-13(11-17)12-8-9-15(18-5)14(10-12)16(2,3)4/h8-10,13H,6-7,11H2,1-5H3. The van der Waals surface area contributed by atoms with Crippen molar-refractivity contribution >= 4 is 11.6 Å². The number of rotatable bonds is 5. The molecule has 2 heteroatoms. The van der Waals surface area contributed by atoms with Gasteiger partial charge in [-0.2, -0.15) is 0 Å². The van der Waals surface area contributed by atoms with E-state index in [4.69, 9.17) is 16.3 Å². The molecule has 0 bridgehead atoms. The summed E-state index contributed by atoms with van der Waals surface area (Å²) in [5.74, 6) is 2.10. The molecule has 0 aliphatic carbocycles. The first-order chi connectivity index (χ1) is 8.43. The SMILES string of the molecule is CCCC(CCl)c1ccc(OC)c(C(C)(C)C)c1. The molecule has 0 N–H and O–H groups in total. The van der Waals surface area contributed by atoms with E-state index in [0.29, 0.717) is 11.8 Å². The van der Waals surface area contributed by atoms with E-state index in [1.165, 1.54) is 11.1 Å². The summed E-state index contributed by atoms with van der Waals surface area (Å²) in [7, 11) is 1.73. The Morgan fingerprint density at radius 1 is 1.28 bits per heavy atom. The van der Waals surface area contributed by atoms with Gasteiger partial charge in [0.25, 0.3) is 0 Å². The van der Waals surface area contributed by atoms with Crippen LogP contribution in [0.2, 0.25) is 0 Å². The second-order valence-corrected chi connectivity index (χ2v) is 6.16. The largest absolute Gasteiger partial charge is 0.496 e.